The summed E-state index contributed by atoms with van der Waals surface area (Å²) in [6.07, 6.45) is 0. The second-order valence-corrected chi connectivity index (χ2v) is 6.35. The van der Waals surface area contributed by atoms with Crippen molar-refractivity contribution in [1.82, 2.24) is 9.97 Å². The number of aryl methyl sites for hydroxylation is 1. The molecular weight excluding hydrogens is 364 g/mol. The molecule has 1 heterocycles. The Balaban J connectivity index is 2.95. The van der Waals surface area contributed by atoms with Crippen molar-refractivity contribution in [3.8, 4) is 18.2 Å². The number of aromatic nitrogens is 2. The average Bonchev–Trinajstić information content (AvgIpc) is 2.69. The lowest BCUT2D eigenvalue weighted by molar-refractivity contribution is 1.03. The molecule has 0 spiro atoms. The third kappa shape index (κ3) is 3.85. The Labute approximate surface area is 169 Å². The van der Waals surface area contributed by atoms with Crippen LogP contribution in [0, 0.1) is 40.9 Å². The number of nitrogens with zero attached hydrogens (tertiary/aromatic N) is 7. The predicted molar refractivity (Wildman–Crippen MR) is 110 cm³/mol. The van der Waals surface area contributed by atoms with Gasteiger partial charge in [0.25, 0.3) is 0 Å². The molecule has 0 unspecified atom stereocenters. The minimum atomic E-state index is 0.00158. The quantitative estimate of drug-likeness (QED) is 0.627. The molecule has 0 aromatic carbocycles. The number of fused-ring (bicyclic) bond motifs is 1. The maximum absolute atomic E-state index is 9.37. The lowest BCUT2D eigenvalue weighted by Gasteiger charge is -2.22. The van der Waals surface area contributed by atoms with Crippen LogP contribution < -0.4 is 5.73 Å². The molecule has 8 heteroatoms. The predicted octanol–water partition coefficient (Wildman–Crippen LogP) is 3.00. The molecule has 8 nitrogen and oxygen atoms in total. The highest BCUT2D eigenvalue weighted by molar-refractivity contribution is 6.21. The summed E-state index contributed by atoms with van der Waals surface area (Å²) in [6.45, 7) is 14.4. The third-order valence-electron chi connectivity index (χ3n) is 4.20. The van der Waals surface area contributed by atoms with Gasteiger partial charge in [0.2, 0.25) is 0 Å². The number of hydrogen-bond donors (Lipinski definition) is 1. The summed E-state index contributed by atoms with van der Waals surface area (Å²) in [5.41, 5.74) is 9.71. The Morgan fingerprint density at radius 3 is 2.24 bits per heavy atom. The van der Waals surface area contributed by atoms with Crippen molar-refractivity contribution >= 4 is 17.0 Å². The van der Waals surface area contributed by atoms with Gasteiger partial charge in [0, 0.05) is 11.1 Å². The van der Waals surface area contributed by atoms with E-state index in [2.05, 4.69) is 33.1 Å². The van der Waals surface area contributed by atoms with Crippen LogP contribution in [0.1, 0.15) is 43.5 Å². The van der Waals surface area contributed by atoms with E-state index in [9.17, 15) is 10.5 Å². The van der Waals surface area contributed by atoms with Crippen LogP contribution in [0.25, 0.3) is 5.57 Å². The molecule has 29 heavy (non-hydrogen) atoms. The van der Waals surface area contributed by atoms with Crippen LogP contribution in [-0.4, -0.2) is 21.4 Å². The van der Waals surface area contributed by atoms with E-state index in [1.54, 1.807) is 20.8 Å². The Morgan fingerprint density at radius 2 is 1.72 bits per heavy atom. The van der Waals surface area contributed by atoms with Gasteiger partial charge < -0.3 is 5.73 Å². The van der Waals surface area contributed by atoms with Crippen LogP contribution in [0.5, 0.6) is 0 Å². The van der Waals surface area contributed by atoms with Gasteiger partial charge in [-0.05, 0) is 33.3 Å². The van der Waals surface area contributed by atoms with E-state index < -0.39 is 0 Å². The molecule has 0 fully saturated rings. The van der Waals surface area contributed by atoms with Gasteiger partial charge in [-0.15, -0.1) is 0 Å². The highest BCUT2D eigenvalue weighted by Crippen LogP contribution is 2.34. The highest BCUT2D eigenvalue weighted by atomic mass is 15.0. The van der Waals surface area contributed by atoms with E-state index >= 15 is 0 Å². The van der Waals surface area contributed by atoms with Gasteiger partial charge in [0.15, 0.2) is 5.69 Å². The summed E-state index contributed by atoms with van der Waals surface area (Å²) in [4.78, 5) is 17.6. The Morgan fingerprint density at radius 1 is 1.07 bits per heavy atom. The summed E-state index contributed by atoms with van der Waals surface area (Å²) in [5, 5.41) is 27.8. The van der Waals surface area contributed by atoms with Crippen molar-refractivity contribution in [3.05, 3.63) is 64.2 Å². The molecule has 0 bridgehead atoms. The number of allylic oxidation sites excluding steroid dienone is 4. The monoisotopic (exact) mass is 382 g/mol. The van der Waals surface area contributed by atoms with E-state index in [1.807, 2.05) is 18.2 Å². The van der Waals surface area contributed by atoms with Gasteiger partial charge in [0.05, 0.1) is 28.7 Å². The summed E-state index contributed by atoms with van der Waals surface area (Å²) in [6, 6.07) is 5.95. The minimum absolute atomic E-state index is 0.00158. The molecule has 0 radical (unpaired) electrons. The minimum Gasteiger partial charge on any atom is -0.383 e. The Bertz CT molecular complexity index is 1200. The summed E-state index contributed by atoms with van der Waals surface area (Å²) < 4.78 is 0. The van der Waals surface area contributed by atoms with Gasteiger partial charge in [-0.2, -0.15) is 15.8 Å². The second-order valence-electron chi connectivity index (χ2n) is 6.35. The van der Waals surface area contributed by atoms with Crippen LogP contribution in [0.3, 0.4) is 0 Å². The van der Waals surface area contributed by atoms with E-state index in [0.717, 1.165) is 0 Å². The molecule has 2 N–H and O–H groups in total. The summed E-state index contributed by atoms with van der Waals surface area (Å²) >= 11 is 0. The third-order valence-corrected chi connectivity index (χ3v) is 4.20. The number of nitrogens with two attached hydrogens (primary N) is 1. The summed E-state index contributed by atoms with van der Waals surface area (Å²) in [7, 11) is 0. The second kappa shape index (κ2) is 8.12. The first-order valence-electron chi connectivity index (χ1n) is 8.46. The molecule has 0 amide bonds. The number of hydrogen-bond acceptors (Lipinski definition) is 8. The molecule has 0 saturated carbocycles. The first kappa shape index (κ1) is 21.0. The molecule has 1 aliphatic rings. The van der Waals surface area contributed by atoms with Crippen molar-refractivity contribution in [2.24, 2.45) is 15.7 Å². The molecule has 0 atom stereocenters. The molecule has 0 aliphatic heterocycles. The standard InChI is InChI=1S/C21H18N8/c1-10(2)15(8-23)27-17-12(4)18-20(26-14(6)16(9-24)28-18)19(13(17)5)29-21(25)11(3)7-22/h1,5,25H2,2-4,6H3/b21-11+,27-15?,29-19?. The first-order chi connectivity index (χ1) is 13.7. The van der Waals surface area contributed by atoms with Gasteiger partial charge in [-0.1, -0.05) is 13.2 Å². The first-order valence-corrected chi connectivity index (χ1v) is 8.46. The average molecular weight is 382 g/mol. The van der Waals surface area contributed by atoms with E-state index in [-0.39, 0.29) is 28.5 Å². The van der Waals surface area contributed by atoms with Gasteiger partial charge >= 0.3 is 0 Å². The van der Waals surface area contributed by atoms with Crippen molar-refractivity contribution in [2.45, 2.75) is 27.7 Å². The van der Waals surface area contributed by atoms with Crippen LogP contribution in [0.15, 0.2) is 51.4 Å². The zero-order valence-corrected chi connectivity index (χ0v) is 16.6. The lowest BCUT2D eigenvalue weighted by Crippen LogP contribution is -2.21. The molecule has 0 saturated heterocycles. The molecule has 2 rings (SSSR count). The fourth-order valence-corrected chi connectivity index (χ4v) is 2.51. The zero-order chi connectivity index (χ0) is 21.9. The number of aliphatic imine (C=N–C) groups is 2. The van der Waals surface area contributed by atoms with Gasteiger partial charge in [-0.25, -0.2) is 20.0 Å². The van der Waals surface area contributed by atoms with Crippen LogP contribution >= 0.6 is 0 Å². The van der Waals surface area contributed by atoms with Crippen LogP contribution in [0.4, 0.5) is 0 Å². The van der Waals surface area contributed by atoms with Crippen molar-refractivity contribution in [2.75, 3.05) is 0 Å². The molecule has 1 aromatic heterocycles. The van der Waals surface area contributed by atoms with E-state index in [1.165, 1.54) is 6.92 Å². The fourth-order valence-electron chi connectivity index (χ4n) is 2.51. The molecule has 142 valence electrons. The van der Waals surface area contributed by atoms with Crippen molar-refractivity contribution in [1.29, 1.82) is 15.8 Å². The van der Waals surface area contributed by atoms with Crippen molar-refractivity contribution < 1.29 is 0 Å². The number of rotatable bonds is 3. The Hall–Kier alpha value is -4.35. The van der Waals surface area contributed by atoms with Crippen LogP contribution in [-0.2, 0) is 0 Å². The van der Waals surface area contributed by atoms with Crippen molar-refractivity contribution in [3.63, 3.8) is 0 Å². The lowest BCUT2D eigenvalue weighted by atomic mass is 9.91. The number of nitriles is 3. The van der Waals surface area contributed by atoms with E-state index in [0.29, 0.717) is 39.5 Å². The van der Waals surface area contributed by atoms with Crippen LogP contribution in [0.2, 0.25) is 0 Å². The normalized spacial score (nSPS) is 15.8. The molecule has 1 aliphatic carbocycles. The molecular formula is C21H18N8. The zero-order valence-electron chi connectivity index (χ0n) is 16.6. The largest absolute Gasteiger partial charge is 0.383 e. The highest BCUT2D eigenvalue weighted by Gasteiger charge is 2.29. The maximum Gasteiger partial charge on any atom is 0.162 e. The topological polar surface area (TPSA) is 148 Å². The summed E-state index contributed by atoms with van der Waals surface area (Å²) in [5.74, 6) is 0.00158. The fraction of sp³-hybridized carbons (Fsp3) is 0.190. The smallest absolute Gasteiger partial charge is 0.162 e. The Kier molecular flexibility index (Phi) is 5.87. The van der Waals surface area contributed by atoms with Gasteiger partial charge in [-0.3, -0.25) is 0 Å². The van der Waals surface area contributed by atoms with E-state index in [4.69, 9.17) is 11.0 Å². The molecule has 1 aromatic rings. The SMILES string of the molecule is C=C(C)C(C#N)=NC1=C(C)c2nc(C#N)c(C)nc2C(=N/C(N)=C(\C)C#N)C1=C. The maximum atomic E-state index is 9.37. The van der Waals surface area contributed by atoms with Gasteiger partial charge in [0.1, 0.15) is 35.1 Å².